The van der Waals surface area contributed by atoms with Crippen molar-refractivity contribution in [3.63, 3.8) is 0 Å². The minimum absolute atomic E-state index is 0.0314. The quantitative estimate of drug-likeness (QED) is 0.533. The van der Waals surface area contributed by atoms with Gasteiger partial charge in [0.05, 0.1) is 6.61 Å². The van der Waals surface area contributed by atoms with Gasteiger partial charge in [-0.3, -0.25) is 4.79 Å². The first-order valence-corrected chi connectivity index (χ1v) is 6.66. The molecule has 0 aliphatic heterocycles. The first-order valence-electron chi connectivity index (χ1n) is 6.66. The lowest BCUT2D eigenvalue weighted by Crippen LogP contribution is -2.21. The summed E-state index contributed by atoms with van der Waals surface area (Å²) in [6.45, 7) is 8.91. The van der Waals surface area contributed by atoms with Gasteiger partial charge in [-0.25, -0.2) is 0 Å². The number of carbonyl (C=O) groups is 1. The van der Waals surface area contributed by atoms with E-state index in [1.54, 1.807) is 6.92 Å². The van der Waals surface area contributed by atoms with Crippen LogP contribution in [0.2, 0.25) is 0 Å². The van der Waals surface area contributed by atoms with Crippen molar-refractivity contribution < 1.29 is 18.8 Å². The van der Waals surface area contributed by atoms with Crippen molar-refractivity contribution in [2.75, 3.05) is 13.2 Å². The molecule has 6 heteroatoms. The average molecular weight is 270 g/mol. The molecule has 0 saturated heterocycles. The molecule has 0 bridgehead atoms. The molecule has 108 valence electrons. The van der Waals surface area contributed by atoms with E-state index in [-0.39, 0.29) is 11.9 Å². The summed E-state index contributed by atoms with van der Waals surface area (Å²) in [6, 6.07) is 0. The van der Waals surface area contributed by atoms with Crippen molar-refractivity contribution in [3.05, 3.63) is 11.7 Å². The Hall–Kier alpha value is -1.43. The van der Waals surface area contributed by atoms with Gasteiger partial charge in [0, 0.05) is 6.61 Å². The summed E-state index contributed by atoms with van der Waals surface area (Å²) in [5.74, 6) is -0.0691. The lowest BCUT2D eigenvalue weighted by atomic mass is 9.96. The van der Waals surface area contributed by atoms with Gasteiger partial charge in [-0.05, 0) is 19.3 Å². The molecule has 0 fully saturated rings. The second-order valence-corrected chi connectivity index (χ2v) is 4.58. The van der Waals surface area contributed by atoms with Crippen LogP contribution in [-0.2, 0) is 20.9 Å². The van der Waals surface area contributed by atoms with Gasteiger partial charge in [-0.1, -0.05) is 25.9 Å². The minimum atomic E-state index is -0.521. The summed E-state index contributed by atoms with van der Waals surface area (Å²) in [5.41, 5.74) is 0. The number of ether oxygens (including phenoxy) is 2. The van der Waals surface area contributed by atoms with Crippen LogP contribution in [0.5, 0.6) is 0 Å². The highest BCUT2D eigenvalue weighted by molar-refractivity contribution is 5.77. The first-order chi connectivity index (χ1) is 9.10. The third-order valence-corrected chi connectivity index (χ3v) is 2.54. The van der Waals surface area contributed by atoms with Crippen LogP contribution >= 0.6 is 0 Å². The predicted octanol–water partition coefficient (Wildman–Crippen LogP) is 2.30. The van der Waals surface area contributed by atoms with Crippen LogP contribution in [0.4, 0.5) is 0 Å². The van der Waals surface area contributed by atoms with E-state index in [4.69, 9.17) is 14.0 Å². The van der Waals surface area contributed by atoms with Gasteiger partial charge in [0.1, 0.15) is 12.5 Å². The molecule has 0 N–H and O–H groups in total. The smallest absolute Gasteiger partial charge is 0.318 e. The van der Waals surface area contributed by atoms with Crippen molar-refractivity contribution in [2.45, 2.75) is 46.6 Å². The Morgan fingerprint density at radius 1 is 1.37 bits per heavy atom. The normalized spacial score (nSPS) is 12.7. The fourth-order valence-electron chi connectivity index (χ4n) is 1.65. The van der Waals surface area contributed by atoms with Crippen LogP contribution in [0.25, 0.3) is 0 Å². The van der Waals surface area contributed by atoms with E-state index >= 15 is 0 Å². The van der Waals surface area contributed by atoms with E-state index in [1.807, 2.05) is 20.8 Å². The van der Waals surface area contributed by atoms with Crippen LogP contribution < -0.4 is 0 Å². The molecule has 0 amide bonds. The molecular formula is C13H22N2O4. The molecule has 1 atom stereocenters. The van der Waals surface area contributed by atoms with Crippen molar-refractivity contribution in [2.24, 2.45) is 5.92 Å². The Morgan fingerprint density at radius 3 is 2.68 bits per heavy atom. The van der Waals surface area contributed by atoms with Gasteiger partial charge in [-0.2, -0.15) is 4.98 Å². The van der Waals surface area contributed by atoms with Gasteiger partial charge in [0.15, 0.2) is 5.82 Å². The van der Waals surface area contributed by atoms with Crippen molar-refractivity contribution in [1.29, 1.82) is 0 Å². The van der Waals surface area contributed by atoms with Crippen LogP contribution in [0.15, 0.2) is 4.52 Å². The van der Waals surface area contributed by atoms with E-state index in [9.17, 15) is 4.79 Å². The third-order valence-electron chi connectivity index (χ3n) is 2.54. The molecule has 1 rings (SSSR count). The SMILES string of the molecule is CCCOCc1noc(C(C(=O)OCC)C(C)C)n1. The highest BCUT2D eigenvalue weighted by Gasteiger charge is 2.31. The average Bonchev–Trinajstić information content (AvgIpc) is 2.78. The maximum atomic E-state index is 11.9. The Morgan fingerprint density at radius 2 is 2.11 bits per heavy atom. The first kappa shape index (κ1) is 15.6. The van der Waals surface area contributed by atoms with Crippen LogP contribution in [0.3, 0.4) is 0 Å². The number of rotatable bonds is 8. The molecule has 1 aromatic rings. The van der Waals surface area contributed by atoms with Gasteiger partial charge in [0.2, 0.25) is 5.89 Å². The summed E-state index contributed by atoms with van der Waals surface area (Å²) in [7, 11) is 0. The summed E-state index contributed by atoms with van der Waals surface area (Å²) < 4.78 is 15.5. The van der Waals surface area contributed by atoms with E-state index in [1.165, 1.54) is 0 Å². The van der Waals surface area contributed by atoms with E-state index in [0.717, 1.165) is 6.42 Å². The molecule has 6 nitrogen and oxygen atoms in total. The van der Waals surface area contributed by atoms with Gasteiger partial charge in [0.25, 0.3) is 0 Å². The van der Waals surface area contributed by atoms with Gasteiger partial charge < -0.3 is 14.0 Å². The second kappa shape index (κ2) is 7.89. The molecular weight excluding hydrogens is 248 g/mol. The molecule has 1 heterocycles. The topological polar surface area (TPSA) is 74.5 Å². The van der Waals surface area contributed by atoms with Gasteiger partial charge >= 0.3 is 5.97 Å². The Balaban J connectivity index is 2.72. The molecule has 1 aromatic heterocycles. The fourth-order valence-corrected chi connectivity index (χ4v) is 1.65. The predicted molar refractivity (Wildman–Crippen MR) is 68.5 cm³/mol. The highest BCUT2D eigenvalue weighted by Crippen LogP contribution is 2.24. The number of carbonyl (C=O) groups excluding carboxylic acids is 1. The zero-order valence-corrected chi connectivity index (χ0v) is 12.0. The Labute approximate surface area is 113 Å². The van der Waals surface area contributed by atoms with Crippen molar-refractivity contribution in [3.8, 4) is 0 Å². The molecule has 19 heavy (non-hydrogen) atoms. The summed E-state index contributed by atoms with van der Waals surface area (Å²) in [4.78, 5) is 16.1. The van der Waals surface area contributed by atoms with Crippen molar-refractivity contribution in [1.82, 2.24) is 10.1 Å². The molecule has 0 aliphatic rings. The van der Waals surface area contributed by atoms with Crippen LogP contribution in [0.1, 0.15) is 51.7 Å². The largest absolute Gasteiger partial charge is 0.465 e. The molecule has 0 saturated carbocycles. The van der Waals surface area contributed by atoms with E-state index in [0.29, 0.717) is 31.5 Å². The summed E-state index contributed by atoms with van der Waals surface area (Å²) >= 11 is 0. The lowest BCUT2D eigenvalue weighted by molar-refractivity contribution is -0.146. The van der Waals surface area contributed by atoms with Crippen LogP contribution in [-0.4, -0.2) is 29.3 Å². The summed E-state index contributed by atoms with van der Waals surface area (Å²) in [6.07, 6.45) is 0.933. The molecule has 0 spiro atoms. The minimum Gasteiger partial charge on any atom is -0.465 e. The van der Waals surface area contributed by atoms with E-state index < -0.39 is 5.92 Å². The maximum Gasteiger partial charge on any atom is 0.318 e. The standard InChI is InChI=1S/C13H22N2O4/c1-5-7-17-8-10-14-12(19-15-10)11(9(3)4)13(16)18-6-2/h9,11H,5-8H2,1-4H3. The monoisotopic (exact) mass is 270 g/mol. The maximum absolute atomic E-state index is 11.9. The number of hydrogen-bond acceptors (Lipinski definition) is 6. The Kier molecular flexibility index (Phi) is 6.49. The zero-order chi connectivity index (χ0) is 14.3. The fraction of sp³-hybridized carbons (Fsp3) is 0.769. The second-order valence-electron chi connectivity index (χ2n) is 4.58. The lowest BCUT2D eigenvalue weighted by Gasteiger charge is -2.14. The molecule has 0 aliphatic carbocycles. The number of nitrogens with zero attached hydrogens (tertiary/aromatic N) is 2. The van der Waals surface area contributed by atoms with Crippen LogP contribution in [0, 0.1) is 5.92 Å². The number of hydrogen-bond donors (Lipinski definition) is 0. The number of aromatic nitrogens is 2. The number of esters is 1. The van der Waals surface area contributed by atoms with E-state index in [2.05, 4.69) is 10.1 Å². The van der Waals surface area contributed by atoms with Gasteiger partial charge in [-0.15, -0.1) is 0 Å². The molecule has 0 radical (unpaired) electrons. The third kappa shape index (κ3) is 4.63. The summed E-state index contributed by atoms with van der Waals surface area (Å²) in [5, 5.41) is 3.81. The van der Waals surface area contributed by atoms with Crippen molar-refractivity contribution >= 4 is 5.97 Å². The zero-order valence-electron chi connectivity index (χ0n) is 12.0. The highest BCUT2D eigenvalue weighted by atomic mass is 16.5. The molecule has 0 aromatic carbocycles. The molecule has 1 unspecified atom stereocenters. The Bertz CT molecular complexity index is 390.